The first-order valence-corrected chi connectivity index (χ1v) is 13.0. The first kappa shape index (κ1) is 27.8. The van der Waals surface area contributed by atoms with Crippen molar-refractivity contribution < 1.29 is 23.9 Å². The highest BCUT2D eigenvalue weighted by atomic mass is 16.5. The maximum Gasteiger partial charge on any atom is 0.338 e. The third-order valence-electron chi connectivity index (χ3n) is 6.26. The van der Waals surface area contributed by atoms with E-state index in [0.29, 0.717) is 47.5 Å². The van der Waals surface area contributed by atoms with Gasteiger partial charge in [0.05, 0.1) is 23.8 Å². The van der Waals surface area contributed by atoms with Gasteiger partial charge in [0, 0.05) is 17.9 Å². The van der Waals surface area contributed by atoms with E-state index in [4.69, 9.17) is 20.9 Å². The molecule has 1 aliphatic rings. The van der Waals surface area contributed by atoms with E-state index in [2.05, 4.69) is 6.92 Å². The average molecular weight is 508 g/mol. The Morgan fingerprint density at radius 1 is 0.919 bits per heavy atom. The first-order valence-electron chi connectivity index (χ1n) is 13.0. The summed E-state index contributed by atoms with van der Waals surface area (Å²) in [7, 11) is 0. The molecule has 4 N–H and O–H groups in total. The van der Waals surface area contributed by atoms with Gasteiger partial charge in [0.15, 0.2) is 5.76 Å². The van der Waals surface area contributed by atoms with Crippen molar-refractivity contribution in [3.8, 4) is 0 Å². The van der Waals surface area contributed by atoms with Gasteiger partial charge in [-0.1, -0.05) is 57.0 Å². The fourth-order valence-electron chi connectivity index (χ4n) is 4.33. The lowest BCUT2D eigenvalue weighted by Gasteiger charge is -2.18. The van der Waals surface area contributed by atoms with Crippen LogP contribution in [0.3, 0.4) is 0 Å². The van der Waals surface area contributed by atoms with Crippen LogP contribution in [0, 0.1) is 0 Å². The van der Waals surface area contributed by atoms with Gasteiger partial charge >= 0.3 is 5.97 Å². The van der Waals surface area contributed by atoms with Crippen molar-refractivity contribution in [1.82, 2.24) is 4.90 Å². The number of hydrogen-bond donors (Lipinski definition) is 2. The number of esters is 1. The molecule has 37 heavy (non-hydrogen) atoms. The molecule has 0 aliphatic carbocycles. The van der Waals surface area contributed by atoms with E-state index in [0.717, 1.165) is 32.1 Å². The topological polar surface area (TPSA) is 125 Å². The number of nitrogens with zero attached hydrogens (tertiary/aromatic N) is 1. The summed E-state index contributed by atoms with van der Waals surface area (Å²) in [5.41, 5.74) is 13.6. The Morgan fingerprint density at radius 3 is 2.24 bits per heavy atom. The van der Waals surface area contributed by atoms with E-state index in [1.807, 2.05) is 37.3 Å². The largest absolute Gasteiger partial charge is 0.484 e. The van der Waals surface area contributed by atoms with E-state index < -0.39 is 5.97 Å². The van der Waals surface area contributed by atoms with E-state index in [1.54, 1.807) is 6.07 Å². The van der Waals surface area contributed by atoms with Crippen LogP contribution in [-0.2, 0) is 19.1 Å². The fraction of sp³-hybridized carbons (Fsp3) is 0.414. The molecule has 0 radical (unpaired) electrons. The van der Waals surface area contributed by atoms with Crippen LogP contribution in [0.5, 0.6) is 0 Å². The molecular formula is C29H37N3O5. The molecule has 0 saturated carbocycles. The third-order valence-corrected chi connectivity index (χ3v) is 6.26. The number of benzene rings is 2. The van der Waals surface area contributed by atoms with Crippen molar-refractivity contribution in [2.75, 3.05) is 24.6 Å². The molecule has 0 saturated heterocycles. The zero-order valence-electron chi connectivity index (χ0n) is 21.7. The average Bonchev–Trinajstić information content (AvgIpc) is 3.11. The molecule has 8 heteroatoms. The second kappa shape index (κ2) is 13.5. The van der Waals surface area contributed by atoms with Gasteiger partial charge in [-0.05, 0) is 55.9 Å². The Kier molecular flexibility index (Phi) is 10.1. The Bertz CT molecular complexity index is 1110. The summed E-state index contributed by atoms with van der Waals surface area (Å²) in [6, 6.07) is 13.9. The summed E-state index contributed by atoms with van der Waals surface area (Å²) in [4.78, 5) is 40.0. The van der Waals surface area contributed by atoms with Crippen LogP contribution < -0.4 is 11.5 Å². The van der Waals surface area contributed by atoms with Gasteiger partial charge in [0.25, 0.3) is 11.8 Å². The maximum absolute atomic E-state index is 13.3. The number of unbranched alkanes of at least 4 members (excludes halogenated alkanes) is 3. The van der Waals surface area contributed by atoms with Crippen molar-refractivity contribution in [3.63, 3.8) is 0 Å². The van der Waals surface area contributed by atoms with E-state index in [9.17, 15) is 14.4 Å². The third kappa shape index (κ3) is 7.35. The van der Waals surface area contributed by atoms with Crippen molar-refractivity contribution in [2.45, 2.75) is 64.9 Å². The summed E-state index contributed by atoms with van der Waals surface area (Å²) >= 11 is 0. The molecule has 0 fully saturated rings. The maximum atomic E-state index is 13.3. The lowest BCUT2D eigenvalue weighted by Crippen LogP contribution is -2.33. The second-order valence-electron chi connectivity index (χ2n) is 9.21. The predicted octanol–water partition coefficient (Wildman–Crippen LogP) is 4.94. The molecule has 2 amide bonds. The Balaban J connectivity index is 1.50. The molecule has 2 aromatic carbocycles. The molecule has 1 heterocycles. The van der Waals surface area contributed by atoms with Crippen LogP contribution in [0.2, 0.25) is 0 Å². The number of anilines is 2. The zero-order valence-corrected chi connectivity index (χ0v) is 21.7. The highest BCUT2D eigenvalue weighted by Crippen LogP contribution is 2.32. The Labute approximate surface area is 218 Å². The van der Waals surface area contributed by atoms with Crippen LogP contribution in [0.1, 0.15) is 74.7 Å². The molecular weight excluding hydrogens is 470 g/mol. The minimum Gasteiger partial charge on any atom is -0.484 e. The van der Waals surface area contributed by atoms with Crippen LogP contribution >= 0.6 is 0 Å². The number of nitrogens with two attached hydrogens (primary N) is 2. The highest BCUT2D eigenvalue weighted by Gasteiger charge is 2.40. The van der Waals surface area contributed by atoms with Gasteiger partial charge < -0.3 is 20.9 Å². The van der Waals surface area contributed by atoms with Crippen LogP contribution in [0.25, 0.3) is 5.57 Å². The lowest BCUT2D eigenvalue weighted by atomic mass is 10.1. The number of hydrogen-bond acceptors (Lipinski definition) is 7. The number of ether oxygens (including phenoxy) is 2. The predicted molar refractivity (Wildman–Crippen MR) is 144 cm³/mol. The van der Waals surface area contributed by atoms with Crippen LogP contribution in [0.15, 0.2) is 54.3 Å². The zero-order chi connectivity index (χ0) is 26.8. The van der Waals surface area contributed by atoms with E-state index in [1.165, 1.54) is 17.0 Å². The smallest absolute Gasteiger partial charge is 0.338 e. The number of imide groups is 1. The second-order valence-corrected chi connectivity index (χ2v) is 9.21. The molecule has 1 aliphatic heterocycles. The molecule has 198 valence electrons. The Morgan fingerprint density at radius 2 is 1.59 bits per heavy atom. The molecule has 1 unspecified atom stereocenters. The summed E-state index contributed by atoms with van der Waals surface area (Å²) in [6.07, 6.45) is 5.29. The van der Waals surface area contributed by atoms with E-state index in [-0.39, 0.29) is 30.3 Å². The molecule has 2 aromatic rings. The minimum absolute atomic E-state index is 0.109. The normalized spacial score (nSPS) is 14.3. The minimum atomic E-state index is -0.465. The van der Waals surface area contributed by atoms with Gasteiger partial charge in [-0.2, -0.15) is 0 Å². The van der Waals surface area contributed by atoms with E-state index >= 15 is 0 Å². The molecule has 1 atom stereocenters. The van der Waals surface area contributed by atoms with Gasteiger partial charge in [-0.25, -0.2) is 4.79 Å². The van der Waals surface area contributed by atoms with Crippen LogP contribution in [-0.4, -0.2) is 41.9 Å². The SMILES string of the molecule is CCCC(CC)OC1=C(c2ccccc2)C(=O)N(CCCCCCOC(=O)c2cc(N)cc(N)c2)C1=O. The van der Waals surface area contributed by atoms with Crippen molar-refractivity contribution in [1.29, 1.82) is 0 Å². The summed E-state index contributed by atoms with van der Waals surface area (Å²) < 4.78 is 11.4. The summed E-state index contributed by atoms with van der Waals surface area (Å²) in [5, 5.41) is 0. The van der Waals surface area contributed by atoms with Gasteiger partial charge in [0.2, 0.25) is 0 Å². The number of amides is 2. The molecule has 8 nitrogen and oxygen atoms in total. The Hall–Kier alpha value is -3.81. The monoisotopic (exact) mass is 507 g/mol. The number of rotatable bonds is 14. The lowest BCUT2D eigenvalue weighted by molar-refractivity contribution is -0.139. The molecule has 0 aromatic heterocycles. The fourth-order valence-corrected chi connectivity index (χ4v) is 4.33. The van der Waals surface area contributed by atoms with Crippen molar-refractivity contribution in [2.24, 2.45) is 0 Å². The van der Waals surface area contributed by atoms with Crippen molar-refractivity contribution in [3.05, 3.63) is 65.4 Å². The quantitative estimate of drug-likeness (QED) is 0.160. The molecule has 0 bridgehead atoms. The molecule has 0 spiro atoms. The number of carbonyl (C=O) groups is 3. The number of nitrogen functional groups attached to an aromatic ring is 2. The van der Waals surface area contributed by atoms with Crippen molar-refractivity contribution >= 4 is 34.7 Å². The highest BCUT2D eigenvalue weighted by molar-refractivity contribution is 6.35. The summed E-state index contributed by atoms with van der Waals surface area (Å²) in [5.74, 6) is -0.986. The standard InChI is InChI=1S/C29H37N3O5/c1-3-12-24(4-2)37-26-25(20-13-8-7-9-14-20)27(33)32(28(26)34)15-10-5-6-11-16-36-29(35)21-17-22(30)19-23(31)18-21/h7-9,13-14,17-19,24H,3-6,10-12,15-16,30-31H2,1-2H3. The van der Waals surface area contributed by atoms with Gasteiger partial charge in [0.1, 0.15) is 0 Å². The number of carbonyl (C=O) groups excluding carboxylic acids is 3. The first-order chi connectivity index (χ1) is 17.8. The van der Waals surface area contributed by atoms with Gasteiger partial charge in [-0.15, -0.1) is 0 Å². The van der Waals surface area contributed by atoms with Crippen LogP contribution in [0.4, 0.5) is 11.4 Å². The van der Waals surface area contributed by atoms with Gasteiger partial charge in [-0.3, -0.25) is 14.5 Å². The summed E-state index contributed by atoms with van der Waals surface area (Å²) in [6.45, 7) is 4.67. The molecule has 3 rings (SSSR count).